The molecule has 1 fully saturated rings. The van der Waals surface area contributed by atoms with E-state index < -0.39 is 5.97 Å². The van der Waals surface area contributed by atoms with Gasteiger partial charge in [0.25, 0.3) is 0 Å². The first-order valence-corrected chi connectivity index (χ1v) is 6.87. The molecule has 0 radical (unpaired) electrons. The van der Waals surface area contributed by atoms with Crippen LogP contribution in [0.2, 0.25) is 0 Å². The third-order valence-corrected chi connectivity index (χ3v) is 4.09. The highest BCUT2D eigenvalue weighted by atomic mass is 16.5. The highest BCUT2D eigenvalue weighted by Gasteiger charge is 2.30. The molecule has 0 aromatic heterocycles. The average molecular weight is 275 g/mol. The molecule has 5 heteroatoms. The van der Waals surface area contributed by atoms with Crippen LogP contribution in [0.15, 0.2) is 18.2 Å². The number of amides is 1. The largest absolute Gasteiger partial charge is 0.478 e. The number of fused-ring (bicyclic) bond motifs is 1. The number of benzene rings is 1. The van der Waals surface area contributed by atoms with Gasteiger partial charge in [0.2, 0.25) is 5.91 Å². The maximum absolute atomic E-state index is 12.4. The van der Waals surface area contributed by atoms with E-state index in [2.05, 4.69) is 0 Å². The van der Waals surface area contributed by atoms with E-state index in [0.29, 0.717) is 38.3 Å². The Morgan fingerprint density at radius 3 is 2.90 bits per heavy atom. The number of carbonyl (C=O) groups is 2. The quantitative estimate of drug-likeness (QED) is 0.883. The van der Waals surface area contributed by atoms with Gasteiger partial charge in [-0.2, -0.15) is 0 Å². The highest BCUT2D eigenvalue weighted by Crippen LogP contribution is 2.25. The van der Waals surface area contributed by atoms with Crippen molar-refractivity contribution in [1.82, 2.24) is 4.90 Å². The second kappa shape index (κ2) is 5.25. The maximum Gasteiger partial charge on any atom is 0.335 e. The van der Waals surface area contributed by atoms with Crippen molar-refractivity contribution in [2.45, 2.75) is 19.4 Å². The first-order valence-electron chi connectivity index (χ1n) is 6.87. The summed E-state index contributed by atoms with van der Waals surface area (Å²) in [4.78, 5) is 25.4. The lowest BCUT2D eigenvalue weighted by atomic mass is 9.93. The Morgan fingerprint density at radius 1 is 1.35 bits per heavy atom. The molecule has 2 heterocycles. The van der Waals surface area contributed by atoms with Crippen LogP contribution in [0.3, 0.4) is 0 Å². The van der Waals surface area contributed by atoms with Crippen LogP contribution in [-0.4, -0.2) is 41.6 Å². The lowest BCUT2D eigenvalue weighted by Gasteiger charge is -2.31. The van der Waals surface area contributed by atoms with Crippen molar-refractivity contribution in [3.63, 3.8) is 0 Å². The molecule has 2 aliphatic heterocycles. The molecule has 2 aliphatic rings. The minimum absolute atomic E-state index is 0.0285. The molecule has 0 bridgehead atoms. The summed E-state index contributed by atoms with van der Waals surface area (Å²) in [6.07, 6.45) is 1.40. The summed E-state index contributed by atoms with van der Waals surface area (Å²) >= 11 is 0. The van der Waals surface area contributed by atoms with Crippen LogP contribution in [0, 0.1) is 5.92 Å². The zero-order chi connectivity index (χ0) is 14.1. The van der Waals surface area contributed by atoms with E-state index in [-0.39, 0.29) is 11.8 Å². The maximum atomic E-state index is 12.4. The molecule has 1 unspecified atom stereocenters. The van der Waals surface area contributed by atoms with Gasteiger partial charge < -0.3 is 14.7 Å². The molecule has 0 saturated carbocycles. The fraction of sp³-hybridized carbons (Fsp3) is 0.467. The molecule has 106 valence electrons. The van der Waals surface area contributed by atoms with Crippen LogP contribution in [-0.2, 0) is 22.5 Å². The van der Waals surface area contributed by atoms with Gasteiger partial charge in [0.15, 0.2) is 0 Å². The fourth-order valence-electron chi connectivity index (χ4n) is 2.99. The van der Waals surface area contributed by atoms with E-state index in [9.17, 15) is 14.7 Å². The van der Waals surface area contributed by atoms with E-state index in [1.807, 2.05) is 11.0 Å². The monoisotopic (exact) mass is 275 g/mol. The number of rotatable bonds is 2. The second-order valence-corrected chi connectivity index (χ2v) is 5.32. The fourth-order valence-corrected chi connectivity index (χ4v) is 2.99. The van der Waals surface area contributed by atoms with Crippen LogP contribution in [0.25, 0.3) is 0 Å². The zero-order valence-corrected chi connectivity index (χ0v) is 11.2. The van der Waals surface area contributed by atoms with Crippen molar-refractivity contribution >= 4 is 11.9 Å². The third-order valence-electron chi connectivity index (χ3n) is 4.09. The molecule has 1 N–H and O–H groups in total. The van der Waals surface area contributed by atoms with E-state index in [1.165, 1.54) is 0 Å². The summed E-state index contributed by atoms with van der Waals surface area (Å²) in [5.41, 5.74) is 2.17. The van der Waals surface area contributed by atoms with Crippen molar-refractivity contribution in [3.05, 3.63) is 34.9 Å². The minimum Gasteiger partial charge on any atom is -0.478 e. The summed E-state index contributed by atoms with van der Waals surface area (Å²) in [7, 11) is 0. The van der Waals surface area contributed by atoms with Crippen LogP contribution < -0.4 is 0 Å². The van der Waals surface area contributed by atoms with Gasteiger partial charge in [0.05, 0.1) is 18.1 Å². The van der Waals surface area contributed by atoms with E-state index >= 15 is 0 Å². The van der Waals surface area contributed by atoms with Gasteiger partial charge in [-0.05, 0) is 30.0 Å². The Bertz CT molecular complexity index is 549. The number of hydrogen-bond donors (Lipinski definition) is 1. The number of carboxylic acids is 1. The van der Waals surface area contributed by atoms with Crippen LogP contribution >= 0.6 is 0 Å². The summed E-state index contributed by atoms with van der Waals surface area (Å²) in [5, 5.41) is 9.19. The van der Waals surface area contributed by atoms with Crippen molar-refractivity contribution in [1.29, 1.82) is 0 Å². The Balaban J connectivity index is 1.80. The van der Waals surface area contributed by atoms with Crippen molar-refractivity contribution in [2.24, 2.45) is 5.92 Å². The highest BCUT2D eigenvalue weighted by molar-refractivity contribution is 5.90. The number of carboxylic acid groups (broad SMARTS) is 1. The molecule has 5 nitrogen and oxygen atoms in total. The van der Waals surface area contributed by atoms with Crippen molar-refractivity contribution in [3.8, 4) is 0 Å². The summed E-state index contributed by atoms with van der Waals surface area (Å²) in [6.45, 7) is 2.26. The molecule has 1 amide bonds. The average Bonchev–Trinajstić information content (AvgIpc) is 2.99. The lowest BCUT2D eigenvalue weighted by molar-refractivity contribution is -0.136. The second-order valence-electron chi connectivity index (χ2n) is 5.32. The Labute approximate surface area is 117 Å². The first-order chi connectivity index (χ1) is 9.66. The van der Waals surface area contributed by atoms with E-state index in [1.54, 1.807) is 12.1 Å². The topological polar surface area (TPSA) is 66.8 Å². The number of nitrogens with zero attached hydrogens (tertiary/aromatic N) is 1. The van der Waals surface area contributed by atoms with Crippen molar-refractivity contribution < 1.29 is 19.4 Å². The first kappa shape index (κ1) is 13.1. The van der Waals surface area contributed by atoms with Gasteiger partial charge in [-0.3, -0.25) is 4.79 Å². The Hall–Kier alpha value is -1.88. The van der Waals surface area contributed by atoms with Gasteiger partial charge in [-0.1, -0.05) is 12.1 Å². The van der Waals surface area contributed by atoms with Gasteiger partial charge in [-0.15, -0.1) is 0 Å². The number of carbonyl (C=O) groups excluding carboxylic acids is 1. The molecule has 20 heavy (non-hydrogen) atoms. The molecule has 0 spiro atoms. The smallest absolute Gasteiger partial charge is 0.335 e. The predicted octanol–water partition coefficient (Wildman–Crippen LogP) is 1.31. The predicted molar refractivity (Wildman–Crippen MR) is 71.4 cm³/mol. The van der Waals surface area contributed by atoms with Crippen LogP contribution in [0.5, 0.6) is 0 Å². The molecular formula is C15H17NO4. The SMILES string of the molecule is O=C(O)c1cccc2c1CCN(C(=O)C1CCOC1)C2. The van der Waals surface area contributed by atoms with E-state index in [4.69, 9.17) is 4.74 Å². The molecule has 1 atom stereocenters. The van der Waals surface area contributed by atoms with Gasteiger partial charge in [0, 0.05) is 19.7 Å². The van der Waals surface area contributed by atoms with Crippen LogP contribution in [0.1, 0.15) is 27.9 Å². The lowest BCUT2D eigenvalue weighted by Crippen LogP contribution is -2.40. The standard InChI is InChI=1S/C15H17NO4/c17-14(11-5-7-20-9-11)16-6-4-12-10(8-16)2-1-3-13(12)15(18)19/h1-3,11H,4-9H2,(H,18,19). The van der Waals surface area contributed by atoms with Crippen LogP contribution in [0.4, 0.5) is 0 Å². The summed E-state index contributed by atoms with van der Waals surface area (Å²) in [6, 6.07) is 5.28. The number of hydrogen-bond acceptors (Lipinski definition) is 3. The summed E-state index contributed by atoms with van der Waals surface area (Å²) < 4.78 is 5.26. The van der Waals surface area contributed by atoms with Gasteiger partial charge in [-0.25, -0.2) is 4.79 Å². The number of ether oxygens (including phenoxy) is 1. The zero-order valence-electron chi connectivity index (χ0n) is 11.2. The third kappa shape index (κ3) is 2.29. The summed E-state index contributed by atoms with van der Waals surface area (Å²) in [5.74, 6) is -0.793. The molecule has 1 aromatic carbocycles. The van der Waals surface area contributed by atoms with Gasteiger partial charge >= 0.3 is 5.97 Å². The van der Waals surface area contributed by atoms with E-state index in [0.717, 1.165) is 17.5 Å². The van der Waals surface area contributed by atoms with Crippen molar-refractivity contribution in [2.75, 3.05) is 19.8 Å². The molecule has 3 rings (SSSR count). The minimum atomic E-state index is -0.897. The Kier molecular flexibility index (Phi) is 3.44. The number of aromatic carboxylic acids is 1. The molecule has 1 saturated heterocycles. The molecule has 0 aliphatic carbocycles. The molecule has 1 aromatic rings. The normalized spacial score (nSPS) is 21.6. The van der Waals surface area contributed by atoms with Gasteiger partial charge in [0.1, 0.15) is 0 Å². The molecular weight excluding hydrogens is 258 g/mol. The Morgan fingerprint density at radius 2 is 2.20 bits per heavy atom.